The van der Waals surface area contributed by atoms with Crippen LogP contribution < -0.4 is 5.32 Å². The minimum atomic E-state index is -0.515. The topological polar surface area (TPSA) is 62.3 Å². The van der Waals surface area contributed by atoms with Crippen LogP contribution in [0.15, 0.2) is 48.8 Å². The molecule has 0 saturated carbocycles. The fourth-order valence-corrected chi connectivity index (χ4v) is 4.74. The maximum absolute atomic E-state index is 13.4. The normalized spacial score (nSPS) is 18.9. The molecule has 1 unspecified atom stereocenters. The van der Waals surface area contributed by atoms with Crippen molar-refractivity contribution in [1.29, 1.82) is 0 Å². The van der Waals surface area contributed by atoms with E-state index < -0.39 is 6.04 Å². The summed E-state index contributed by atoms with van der Waals surface area (Å²) in [6.45, 7) is 9.73. The standard InChI is InChI=1S/C26H34ClN3O2/c1-18(2)24(29-23(31)12-7-19-6-5-14-28-16-19)25(32)30-15-13-22(26(3,4)17-30)20-8-10-21(27)11-9-20/h5-6,8-11,14,16,18,22,24H,7,12-13,15,17H2,1-4H3,(H,29,31)/t22?,24-/m1/s1. The number of likely N-dealkylation sites (tertiary alicyclic amines) is 1. The molecule has 1 saturated heterocycles. The molecular weight excluding hydrogens is 422 g/mol. The molecule has 0 aliphatic carbocycles. The molecule has 0 radical (unpaired) electrons. The van der Waals surface area contributed by atoms with Gasteiger partial charge in [0.05, 0.1) is 0 Å². The molecule has 2 amide bonds. The fourth-order valence-electron chi connectivity index (χ4n) is 4.62. The quantitative estimate of drug-likeness (QED) is 0.649. The molecule has 1 N–H and O–H groups in total. The number of piperidine rings is 1. The van der Waals surface area contributed by atoms with Gasteiger partial charge in [0.25, 0.3) is 0 Å². The van der Waals surface area contributed by atoms with Crippen LogP contribution in [0, 0.1) is 11.3 Å². The third kappa shape index (κ3) is 6.10. The molecule has 6 heteroatoms. The predicted octanol–water partition coefficient (Wildman–Crippen LogP) is 4.85. The summed E-state index contributed by atoms with van der Waals surface area (Å²) in [5, 5.41) is 3.73. The van der Waals surface area contributed by atoms with Crippen molar-refractivity contribution in [2.75, 3.05) is 13.1 Å². The average Bonchev–Trinajstić information content (AvgIpc) is 2.76. The van der Waals surface area contributed by atoms with Gasteiger partial charge in [0.15, 0.2) is 0 Å². The second-order valence-corrected chi connectivity index (χ2v) is 10.2. The number of benzene rings is 1. The maximum Gasteiger partial charge on any atom is 0.245 e. The highest BCUT2D eigenvalue weighted by atomic mass is 35.5. The third-order valence-corrected chi connectivity index (χ3v) is 6.68. The Morgan fingerprint density at radius 2 is 1.94 bits per heavy atom. The number of carbonyl (C=O) groups excluding carboxylic acids is 2. The third-order valence-electron chi connectivity index (χ3n) is 6.43. The number of aromatic nitrogens is 1. The largest absolute Gasteiger partial charge is 0.344 e. The summed E-state index contributed by atoms with van der Waals surface area (Å²) in [7, 11) is 0. The number of hydrogen-bond donors (Lipinski definition) is 1. The monoisotopic (exact) mass is 455 g/mol. The van der Waals surface area contributed by atoms with Gasteiger partial charge in [0.2, 0.25) is 11.8 Å². The van der Waals surface area contributed by atoms with Crippen LogP contribution in [0.5, 0.6) is 0 Å². The molecule has 3 rings (SSSR count). The number of aryl methyl sites for hydroxylation is 1. The van der Waals surface area contributed by atoms with Crippen LogP contribution in [-0.4, -0.2) is 40.8 Å². The van der Waals surface area contributed by atoms with E-state index in [0.717, 1.165) is 17.0 Å². The average molecular weight is 456 g/mol. The first kappa shape index (κ1) is 24.2. The lowest BCUT2D eigenvalue weighted by Crippen LogP contribution is -2.55. The lowest BCUT2D eigenvalue weighted by molar-refractivity contribution is -0.140. The van der Waals surface area contributed by atoms with Crippen LogP contribution >= 0.6 is 11.6 Å². The van der Waals surface area contributed by atoms with Crippen molar-refractivity contribution in [2.24, 2.45) is 11.3 Å². The van der Waals surface area contributed by atoms with Crippen LogP contribution in [0.4, 0.5) is 0 Å². The van der Waals surface area contributed by atoms with Gasteiger partial charge < -0.3 is 10.2 Å². The van der Waals surface area contributed by atoms with E-state index in [1.807, 2.05) is 43.0 Å². The SMILES string of the molecule is CC(C)[C@@H](NC(=O)CCc1cccnc1)C(=O)N1CCC(c2ccc(Cl)cc2)C(C)(C)C1. The molecule has 2 heterocycles. The lowest BCUT2D eigenvalue weighted by atomic mass is 9.70. The molecule has 32 heavy (non-hydrogen) atoms. The Balaban J connectivity index is 1.62. The Morgan fingerprint density at radius 3 is 2.53 bits per heavy atom. The highest BCUT2D eigenvalue weighted by Crippen LogP contribution is 2.42. The number of pyridine rings is 1. The molecule has 1 aromatic heterocycles. The van der Waals surface area contributed by atoms with Crippen molar-refractivity contribution in [3.63, 3.8) is 0 Å². The number of amides is 2. The molecule has 2 aromatic rings. The zero-order valence-electron chi connectivity index (χ0n) is 19.5. The van der Waals surface area contributed by atoms with Gasteiger partial charge in [-0.2, -0.15) is 0 Å². The van der Waals surface area contributed by atoms with Crippen LogP contribution in [0.2, 0.25) is 5.02 Å². The van der Waals surface area contributed by atoms with Crippen LogP contribution in [0.1, 0.15) is 57.6 Å². The molecule has 1 aliphatic rings. The molecule has 5 nitrogen and oxygen atoms in total. The van der Waals surface area contributed by atoms with Gasteiger partial charge in [0.1, 0.15) is 6.04 Å². The van der Waals surface area contributed by atoms with E-state index in [9.17, 15) is 9.59 Å². The van der Waals surface area contributed by atoms with E-state index in [1.54, 1.807) is 12.4 Å². The number of halogens is 1. The van der Waals surface area contributed by atoms with Gasteiger partial charge in [-0.15, -0.1) is 0 Å². The molecule has 1 aromatic carbocycles. The van der Waals surface area contributed by atoms with Gasteiger partial charge in [-0.1, -0.05) is 57.5 Å². The Labute approximate surface area is 196 Å². The zero-order chi connectivity index (χ0) is 23.3. The first-order chi connectivity index (χ1) is 15.2. The second-order valence-electron chi connectivity index (χ2n) is 9.79. The molecule has 0 bridgehead atoms. The molecule has 2 atom stereocenters. The Kier molecular flexibility index (Phi) is 7.94. The summed E-state index contributed by atoms with van der Waals surface area (Å²) in [4.78, 5) is 32.0. The smallest absolute Gasteiger partial charge is 0.245 e. The van der Waals surface area contributed by atoms with Crippen molar-refractivity contribution in [3.8, 4) is 0 Å². The van der Waals surface area contributed by atoms with Gasteiger partial charge in [-0.3, -0.25) is 14.6 Å². The molecule has 1 aliphatic heterocycles. The highest BCUT2D eigenvalue weighted by Gasteiger charge is 2.40. The van der Waals surface area contributed by atoms with E-state index in [4.69, 9.17) is 11.6 Å². The van der Waals surface area contributed by atoms with Gasteiger partial charge in [0, 0.05) is 36.9 Å². The Hall–Kier alpha value is -2.40. The minimum Gasteiger partial charge on any atom is -0.344 e. The van der Waals surface area contributed by atoms with Crippen LogP contribution in [0.3, 0.4) is 0 Å². The fraction of sp³-hybridized carbons (Fsp3) is 0.500. The number of nitrogens with zero attached hydrogens (tertiary/aromatic N) is 2. The summed E-state index contributed by atoms with van der Waals surface area (Å²) < 4.78 is 0. The molecular formula is C26H34ClN3O2. The van der Waals surface area contributed by atoms with Crippen molar-refractivity contribution < 1.29 is 9.59 Å². The van der Waals surface area contributed by atoms with Crippen LogP contribution in [0.25, 0.3) is 0 Å². The van der Waals surface area contributed by atoms with Crippen molar-refractivity contribution in [1.82, 2.24) is 15.2 Å². The van der Waals surface area contributed by atoms with E-state index in [1.165, 1.54) is 5.56 Å². The Bertz CT molecular complexity index is 912. The van der Waals surface area contributed by atoms with Crippen molar-refractivity contribution in [3.05, 3.63) is 64.9 Å². The van der Waals surface area contributed by atoms with E-state index in [2.05, 4.69) is 36.3 Å². The molecule has 1 fully saturated rings. The number of hydrogen-bond acceptors (Lipinski definition) is 3. The van der Waals surface area contributed by atoms with Gasteiger partial charge in [-0.05, 0) is 59.4 Å². The second kappa shape index (κ2) is 10.5. The van der Waals surface area contributed by atoms with Crippen molar-refractivity contribution in [2.45, 2.75) is 58.9 Å². The maximum atomic E-state index is 13.4. The number of nitrogens with one attached hydrogen (secondary N) is 1. The Morgan fingerprint density at radius 1 is 1.22 bits per heavy atom. The highest BCUT2D eigenvalue weighted by molar-refractivity contribution is 6.30. The summed E-state index contributed by atoms with van der Waals surface area (Å²) in [6, 6.07) is 11.3. The minimum absolute atomic E-state index is 0.0114. The summed E-state index contributed by atoms with van der Waals surface area (Å²) in [5.74, 6) is 0.283. The summed E-state index contributed by atoms with van der Waals surface area (Å²) in [6.07, 6.45) is 5.32. The van der Waals surface area contributed by atoms with E-state index in [0.29, 0.717) is 31.8 Å². The van der Waals surface area contributed by atoms with Crippen molar-refractivity contribution >= 4 is 23.4 Å². The molecule has 172 valence electrons. The predicted molar refractivity (Wildman–Crippen MR) is 128 cm³/mol. The number of rotatable bonds is 7. The first-order valence-electron chi connectivity index (χ1n) is 11.4. The van der Waals surface area contributed by atoms with Gasteiger partial charge in [-0.25, -0.2) is 0 Å². The van der Waals surface area contributed by atoms with Gasteiger partial charge >= 0.3 is 0 Å². The van der Waals surface area contributed by atoms with E-state index in [-0.39, 0.29) is 23.1 Å². The van der Waals surface area contributed by atoms with E-state index >= 15 is 0 Å². The number of carbonyl (C=O) groups is 2. The summed E-state index contributed by atoms with van der Waals surface area (Å²) in [5.41, 5.74) is 2.20. The zero-order valence-corrected chi connectivity index (χ0v) is 20.2. The first-order valence-corrected chi connectivity index (χ1v) is 11.8. The summed E-state index contributed by atoms with van der Waals surface area (Å²) >= 11 is 6.06. The van der Waals surface area contributed by atoms with Crippen LogP contribution in [-0.2, 0) is 16.0 Å². The lowest BCUT2D eigenvalue weighted by Gasteiger charge is -2.45. The molecule has 0 spiro atoms.